The van der Waals surface area contributed by atoms with Crippen LogP contribution in [0.1, 0.15) is 19.8 Å². The van der Waals surface area contributed by atoms with Crippen LogP contribution in [-0.2, 0) is 23.8 Å². The molecule has 2 aliphatic heterocycles. The lowest BCUT2D eigenvalue weighted by molar-refractivity contribution is -0.149. The molecule has 134 valence electrons. The Morgan fingerprint density at radius 3 is 2.68 bits per heavy atom. The molecular formula is C19H22O6. The monoisotopic (exact) mass is 346 g/mol. The summed E-state index contributed by atoms with van der Waals surface area (Å²) in [5, 5.41) is 10.5. The molecule has 7 atom stereocenters. The molecule has 2 heterocycles. The van der Waals surface area contributed by atoms with Crippen LogP contribution in [0.15, 0.2) is 36.5 Å². The molecule has 0 aromatic heterocycles. The molecule has 1 N–H and O–H groups in total. The maximum absolute atomic E-state index is 12.2. The van der Waals surface area contributed by atoms with E-state index in [1.165, 1.54) is 0 Å². The highest BCUT2D eigenvalue weighted by molar-refractivity contribution is 5.91. The molecule has 2 saturated carbocycles. The number of epoxide rings is 1. The van der Waals surface area contributed by atoms with Crippen molar-refractivity contribution in [2.45, 2.75) is 43.7 Å². The number of fused-ring (bicyclic) bond motifs is 4. The van der Waals surface area contributed by atoms with Crippen LogP contribution in [0.25, 0.3) is 0 Å². The van der Waals surface area contributed by atoms with E-state index in [0.717, 1.165) is 5.57 Å². The third-order valence-electron chi connectivity index (χ3n) is 6.13. The number of esters is 2. The molecule has 4 fully saturated rings. The summed E-state index contributed by atoms with van der Waals surface area (Å²) < 4.78 is 16.9. The molecule has 0 bridgehead atoms. The zero-order chi connectivity index (χ0) is 18.1. The minimum atomic E-state index is -0.686. The first-order chi connectivity index (χ1) is 11.8. The van der Waals surface area contributed by atoms with Gasteiger partial charge in [0, 0.05) is 23.5 Å². The zero-order valence-electron chi connectivity index (χ0n) is 14.2. The van der Waals surface area contributed by atoms with Crippen LogP contribution in [0.2, 0.25) is 0 Å². The van der Waals surface area contributed by atoms with E-state index < -0.39 is 41.8 Å². The quantitative estimate of drug-likeness (QED) is 0.351. The Kier molecular flexibility index (Phi) is 3.50. The molecule has 0 aromatic carbocycles. The summed E-state index contributed by atoms with van der Waals surface area (Å²) in [7, 11) is 0. The minimum absolute atomic E-state index is 0.0442. The maximum atomic E-state index is 12.2. The van der Waals surface area contributed by atoms with E-state index >= 15 is 0 Å². The number of aliphatic hydroxyl groups excluding tert-OH is 1. The average molecular weight is 346 g/mol. The van der Waals surface area contributed by atoms with Gasteiger partial charge in [-0.05, 0) is 19.3 Å². The average Bonchev–Trinajstić information content (AvgIpc) is 3.22. The summed E-state index contributed by atoms with van der Waals surface area (Å²) in [5.41, 5.74) is 0.790. The van der Waals surface area contributed by atoms with Crippen molar-refractivity contribution in [3.05, 3.63) is 36.5 Å². The Labute approximate surface area is 146 Å². The van der Waals surface area contributed by atoms with Gasteiger partial charge in [-0.2, -0.15) is 0 Å². The van der Waals surface area contributed by atoms with Crippen molar-refractivity contribution >= 4 is 11.9 Å². The van der Waals surface area contributed by atoms with Gasteiger partial charge in [-0.15, -0.1) is 0 Å². The van der Waals surface area contributed by atoms with Gasteiger partial charge >= 0.3 is 11.9 Å². The highest BCUT2D eigenvalue weighted by atomic mass is 16.6. The van der Waals surface area contributed by atoms with Crippen LogP contribution < -0.4 is 0 Å². The lowest BCUT2D eigenvalue weighted by Crippen LogP contribution is -2.43. The molecule has 6 heteroatoms. The largest absolute Gasteiger partial charge is 0.458 e. The number of carbonyl (C=O) groups excluding carboxylic acids is 2. The lowest BCUT2D eigenvalue weighted by atomic mass is 9.78. The number of ether oxygens (including phenoxy) is 3. The molecule has 2 aliphatic carbocycles. The van der Waals surface area contributed by atoms with E-state index in [1.807, 2.05) is 0 Å². The van der Waals surface area contributed by atoms with E-state index in [1.54, 1.807) is 6.92 Å². The van der Waals surface area contributed by atoms with E-state index in [9.17, 15) is 14.7 Å². The van der Waals surface area contributed by atoms with E-state index in [0.29, 0.717) is 30.6 Å². The third kappa shape index (κ3) is 2.24. The molecule has 2 saturated heterocycles. The summed E-state index contributed by atoms with van der Waals surface area (Å²) in [4.78, 5) is 24.3. The Hall–Kier alpha value is -1.92. The first-order valence-corrected chi connectivity index (χ1v) is 8.52. The van der Waals surface area contributed by atoms with Crippen LogP contribution in [0, 0.1) is 17.8 Å². The van der Waals surface area contributed by atoms with Crippen LogP contribution in [0.5, 0.6) is 0 Å². The fourth-order valence-electron chi connectivity index (χ4n) is 4.77. The highest BCUT2D eigenvalue weighted by Gasteiger charge is 2.70. The van der Waals surface area contributed by atoms with Crippen molar-refractivity contribution in [2.75, 3.05) is 6.61 Å². The first kappa shape index (κ1) is 16.5. The van der Waals surface area contributed by atoms with E-state index in [-0.39, 0.29) is 11.8 Å². The highest BCUT2D eigenvalue weighted by Crippen LogP contribution is 2.60. The van der Waals surface area contributed by atoms with Gasteiger partial charge in [-0.25, -0.2) is 9.59 Å². The number of carbonyl (C=O) groups is 2. The standard InChI is InChI=1S/C19H22O6/c1-8(2)17(21)24-12-5-9(3)11-6-13(20)19(7-23-19)15(11)16-14(12)10(4)18(22)25-16/h11-16,20H,1,3-7H2,2H3/t11-,12-,13-,14+,15-,16-,19-/m0/s1. The van der Waals surface area contributed by atoms with Crippen molar-refractivity contribution in [1.29, 1.82) is 0 Å². The predicted octanol–water partition coefficient (Wildman–Crippen LogP) is 1.30. The Morgan fingerprint density at radius 1 is 1.40 bits per heavy atom. The van der Waals surface area contributed by atoms with Gasteiger partial charge in [0.15, 0.2) is 0 Å². The van der Waals surface area contributed by atoms with Gasteiger partial charge in [0.05, 0.1) is 18.6 Å². The summed E-state index contributed by atoms with van der Waals surface area (Å²) in [6.07, 6.45) is -0.814. The Morgan fingerprint density at radius 2 is 2.08 bits per heavy atom. The van der Waals surface area contributed by atoms with Gasteiger partial charge in [-0.1, -0.05) is 25.3 Å². The molecule has 0 unspecified atom stereocenters. The normalized spacial score (nSPS) is 44.8. The molecule has 0 amide bonds. The molecule has 4 aliphatic rings. The summed E-state index contributed by atoms with van der Waals surface area (Å²) >= 11 is 0. The zero-order valence-corrected chi connectivity index (χ0v) is 14.2. The molecular weight excluding hydrogens is 324 g/mol. The van der Waals surface area contributed by atoms with Crippen molar-refractivity contribution in [3.8, 4) is 0 Å². The Balaban J connectivity index is 1.73. The number of aliphatic hydroxyl groups is 1. The van der Waals surface area contributed by atoms with Crippen molar-refractivity contribution < 1.29 is 28.9 Å². The predicted molar refractivity (Wildman–Crippen MR) is 87.2 cm³/mol. The van der Waals surface area contributed by atoms with Crippen LogP contribution in [0.3, 0.4) is 0 Å². The maximum Gasteiger partial charge on any atom is 0.334 e. The number of rotatable bonds is 2. The van der Waals surface area contributed by atoms with Gasteiger partial charge in [0.1, 0.15) is 17.8 Å². The summed E-state index contributed by atoms with van der Waals surface area (Å²) in [5.74, 6) is -1.69. The second-order valence-electron chi connectivity index (χ2n) is 7.63. The smallest absolute Gasteiger partial charge is 0.334 e. The van der Waals surface area contributed by atoms with Crippen molar-refractivity contribution in [3.63, 3.8) is 0 Å². The Bertz CT molecular complexity index is 703. The van der Waals surface area contributed by atoms with E-state index in [2.05, 4.69) is 19.7 Å². The second kappa shape index (κ2) is 5.29. The van der Waals surface area contributed by atoms with E-state index in [4.69, 9.17) is 14.2 Å². The fourth-order valence-corrected chi connectivity index (χ4v) is 4.77. The SMILES string of the molecule is C=C(C)C(=O)O[C@H]1CC(=C)[C@@H]2C[C@H](O)[C@@]3(CO3)[C@@H]2[C@H]2OC(=O)C(=C)[C@@H]21. The molecule has 4 rings (SSSR count). The fraction of sp³-hybridized carbons (Fsp3) is 0.579. The lowest BCUT2D eigenvalue weighted by Gasteiger charge is -2.30. The molecule has 0 radical (unpaired) electrons. The third-order valence-corrected chi connectivity index (χ3v) is 6.13. The van der Waals surface area contributed by atoms with Crippen LogP contribution >= 0.6 is 0 Å². The van der Waals surface area contributed by atoms with Gasteiger partial charge in [0.2, 0.25) is 0 Å². The number of hydrogen-bond donors (Lipinski definition) is 1. The summed E-state index contributed by atoms with van der Waals surface area (Å²) in [6.45, 7) is 13.7. The number of hydrogen-bond acceptors (Lipinski definition) is 6. The van der Waals surface area contributed by atoms with Gasteiger partial charge in [0.25, 0.3) is 0 Å². The second-order valence-corrected chi connectivity index (χ2v) is 7.63. The summed E-state index contributed by atoms with van der Waals surface area (Å²) in [6, 6.07) is 0. The van der Waals surface area contributed by atoms with Gasteiger partial charge in [-0.3, -0.25) is 0 Å². The molecule has 25 heavy (non-hydrogen) atoms. The van der Waals surface area contributed by atoms with Crippen LogP contribution in [-0.4, -0.2) is 47.6 Å². The molecule has 6 nitrogen and oxygen atoms in total. The molecule has 0 aromatic rings. The van der Waals surface area contributed by atoms with Gasteiger partial charge < -0.3 is 19.3 Å². The van der Waals surface area contributed by atoms with Crippen molar-refractivity contribution in [1.82, 2.24) is 0 Å². The van der Waals surface area contributed by atoms with Crippen LogP contribution in [0.4, 0.5) is 0 Å². The molecule has 1 spiro atoms. The minimum Gasteiger partial charge on any atom is -0.458 e. The van der Waals surface area contributed by atoms with Crippen molar-refractivity contribution in [2.24, 2.45) is 17.8 Å². The first-order valence-electron chi connectivity index (χ1n) is 8.52. The topological polar surface area (TPSA) is 85.4 Å².